The molecule has 0 saturated heterocycles. The third-order valence-corrected chi connectivity index (χ3v) is 4.08. The molecule has 0 aliphatic heterocycles. The number of hydrogen-bond donors (Lipinski definition) is 0. The highest BCUT2D eigenvalue weighted by molar-refractivity contribution is 5.87. The van der Waals surface area contributed by atoms with E-state index in [1.54, 1.807) is 0 Å². The number of Topliss-reactive ketones (excluding diaryl/α,β-unsaturated/α-hetero) is 1. The Morgan fingerprint density at radius 2 is 2.00 bits per heavy atom. The second-order valence-electron chi connectivity index (χ2n) is 4.76. The molecular weight excluding hydrogens is 172 g/mol. The van der Waals surface area contributed by atoms with Gasteiger partial charge in [0.1, 0.15) is 5.78 Å². The fourth-order valence-corrected chi connectivity index (χ4v) is 3.09. The van der Waals surface area contributed by atoms with Crippen LogP contribution in [0.5, 0.6) is 0 Å². The van der Waals surface area contributed by atoms with Crippen LogP contribution in [-0.4, -0.2) is 5.78 Å². The normalized spacial score (nSPS) is 39.6. The zero-order valence-corrected chi connectivity index (χ0v) is 8.36. The van der Waals surface area contributed by atoms with Crippen LogP contribution in [0, 0.1) is 11.8 Å². The molecule has 0 heterocycles. The van der Waals surface area contributed by atoms with Crippen molar-refractivity contribution in [2.75, 3.05) is 0 Å². The van der Waals surface area contributed by atoms with Crippen LogP contribution in [0.1, 0.15) is 25.3 Å². The van der Waals surface area contributed by atoms with Gasteiger partial charge in [-0.05, 0) is 17.9 Å². The number of ketones is 1. The summed E-state index contributed by atoms with van der Waals surface area (Å²) in [6.45, 7) is 2.09. The van der Waals surface area contributed by atoms with Crippen molar-refractivity contribution in [3.8, 4) is 0 Å². The average molecular weight is 186 g/mol. The van der Waals surface area contributed by atoms with Gasteiger partial charge in [-0.3, -0.25) is 4.79 Å². The number of fused-ring (bicyclic) bond motifs is 1. The fourth-order valence-electron chi connectivity index (χ4n) is 3.09. The maximum atomic E-state index is 11.6. The minimum atomic E-state index is 0.248. The Hall–Kier alpha value is -1.11. The maximum Gasteiger partial charge on any atom is 0.136 e. The van der Waals surface area contributed by atoms with Crippen molar-refractivity contribution in [1.29, 1.82) is 0 Å². The van der Waals surface area contributed by atoms with Gasteiger partial charge in [-0.15, -0.1) is 0 Å². The molecule has 2 saturated carbocycles. The van der Waals surface area contributed by atoms with Gasteiger partial charge >= 0.3 is 0 Å². The van der Waals surface area contributed by atoms with Gasteiger partial charge in [-0.25, -0.2) is 0 Å². The molecule has 2 aliphatic rings. The molecule has 3 atom stereocenters. The van der Waals surface area contributed by atoms with E-state index in [1.807, 2.05) is 6.07 Å². The number of benzene rings is 1. The first kappa shape index (κ1) is 8.22. The van der Waals surface area contributed by atoms with E-state index in [-0.39, 0.29) is 5.41 Å². The van der Waals surface area contributed by atoms with E-state index in [4.69, 9.17) is 0 Å². The van der Waals surface area contributed by atoms with Crippen molar-refractivity contribution in [2.24, 2.45) is 11.8 Å². The quantitative estimate of drug-likeness (QED) is 0.658. The molecular formula is C13H14O. The lowest BCUT2D eigenvalue weighted by molar-refractivity contribution is -0.121. The average Bonchev–Trinajstić information content (AvgIpc) is 2.88. The molecule has 0 bridgehead atoms. The number of carbonyl (C=O) groups is 1. The second-order valence-corrected chi connectivity index (χ2v) is 4.76. The fraction of sp³-hybridized carbons (Fsp3) is 0.462. The van der Waals surface area contributed by atoms with Gasteiger partial charge in [-0.1, -0.05) is 37.3 Å². The van der Waals surface area contributed by atoms with E-state index >= 15 is 0 Å². The van der Waals surface area contributed by atoms with Gasteiger partial charge in [0.15, 0.2) is 0 Å². The largest absolute Gasteiger partial charge is 0.299 e. The summed E-state index contributed by atoms with van der Waals surface area (Å²) < 4.78 is 0. The van der Waals surface area contributed by atoms with E-state index in [1.165, 1.54) is 12.0 Å². The van der Waals surface area contributed by atoms with Crippen LogP contribution in [0.3, 0.4) is 0 Å². The molecule has 0 amide bonds. The van der Waals surface area contributed by atoms with Crippen LogP contribution in [0.25, 0.3) is 0 Å². The highest BCUT2D eigenvalue weighted by Gasteiger charge is 2.64. The van der Waals surface area contributed by atoms with E-state index < -0.39 is 0 Å². The van der Waals surface area contributed by atoms with E-state index in [2.05, 4.69) is 31.2 Å². The first-order chi connectivity index (χ1) is 6.74. The van der Waals surface area contributed by atoms with Crippen molar-refractivity contribution in [3.63, 3.8) is 0 Å². The topological polar surface area (TPSA) is 17.1 Å². The lowest BCUT2D eigenvalue weighted by Gasteiger charge is -2.10. The van der Waals surface area contributed by atoms with E-state index in [0.717, 1.165) is 6.42 Å². The van der Waals surface area contributed by atoms with Gasteiger partial charge in [-0.2, -0.15) is 0 Å². The molecule has 0 unspecified atom stereocenters. The molecule has 0 spiro atoms. The third-order valence-electron chi connectivity index (χ3n) is 4.08. The molecule has 1 aromatic carbocycles. The lowest BCUT2D eigenvalue weighted by Crippen LogP contribution is -2.08. The van der Waals surface area contributed by atoms with Gasteiger partial charge in [0.05, 0.1) is 0 Å². The first-order valence-corrected chi connectivity index (χ1v) is 5.32. The van der Waals surface area contributed by atoms with Crippen LogP contribution in [-0.2, 0) is 10.2 Å². The second kappa shape index (κ2) is 2.47. The Labute approximate surface area is 84.1 Å². The van der Waals surface area contributed by atoms with Crippen LogP contribution in [0.2, 0.25) is 0 Å². The monoisotopic (exact) mass is 186 g/mol. The van der Waals surface area contributed by atoms with Gasteiger partial charge < -0.3 is 0 Å². The molecule has 14 heavy (non-hydrogen) atoms. The third kappa shape index (κ3) is 0.875. The summed E-state index contributed by atoms with van der Waals surface area (Å²) in [7, 11) is 0. The predicted octanol–water partition coefficient (Wildman–Crippen LogP) is 2.55. The van der Waals surface area contributed by atoms with Crippen LogP contribution >= 0.6 is 0 Å². The molecule has 0 N–H and O–H groups in total. The number of carbonyl (C=O) groups excluding carboxylic acids is 1. The molecule has 72 valence electrons. The van der Waals surface area contributed by atoms with Gasteiger partial charge in [0.25, 0.3) is 0 Å². The Morgan fingerprint density at radius 3 is 2.57 bits per heavy atom. The minimum absolute atomic E-state index is 0.248. The summed E-state index contributed by atoms with van der Waals surface area (Å²) in [4.78, 5) is 11.6. The predicted molar refractivity (Wildman–Crippen MR) is 55.0 cm³/mol. The summed E-state index contributed by atoms with van der Waals surface area (Å²) in [6.07, 6.45) is 2.01. The molecule has 0 aromatic heterocycles. The Bertz CT molecular complexity index is 381. The molecule has 1 aromatic rings. The van der Waals surface area contributed by atoms with E-state index in [9.17, 15) is 4.79 Å². The standard InChI is InChI=1S/C13H14O/c1-9-11-7-13(11,8-12(9)14)10-5-3-2-4-6-10/h2-6,9,11H,7-8H2,1H3/t9-,11+,13-/m1/s1. The Balaban J connectivity index is 1.99. The van der Waals surface area contributed by atoms with Crippen LogP contribution in [0.15, 0.2) is 30.3 Å². The first-order valence-electron chi connectivity index (χ1n) is 5.32. The highest BCUT2D eigenvalue weighted by Crippen LogP contribution is 2.65. The minimum Gasteiger partial charge on any atom is -0.299 e. The maximum absolute atomic E-state index is 11.6. The van der Waals surface area contributed by atoms with Crippen molar-refractivity contribution >= 4 is 5.78 Å². The van der Waals surface area contributed by atoms with Crippen molar-refractivity contribution in [2.45, 2.75) is 25.2 Å². The molecule has 1 heteroatoms. The molecule has 1 nitrogen and oxygen atoms in total. The Kier molecular flexibility index (Phi) is 1.45. The summed E-state index contributed by atoms with van der Waals surface area (Å²) in [5, 5.41) is 0. The summed E-state index contributed by atoms with van der Waals surface area (Å²) in [6, 6.07) is 10.5. The zero-order valence-electron chi connectivity index (χ0n) is 8.36. The smallest absolute Gasteiger partial charge is 0.136 e. The van der Waals surface area contributed by atoms with Crippen LogP contribution < -0.4 is 0 Å². The molecule has 2 fully saturated rings. The van der Waals surface area contributed by atoms with Crippen molar-refractivity contribution < 1.29 is 4.79 Å². The Morgan fingerprint density at radius 1 is 1.29 bits per heavy atom. The SMILES string of the molecule is C[C@H]1C(=O)C[C@@]2(c3ccccc3)C[C@@H]12. The van der Waals surface area contributed by atoms with Crippen molar-refractivity contribution in [1.82, 2.24) is 0 Å². The lowest BCUT2D eigenvalue weighted by atomic mass is 9.93. The number of rotatable bonds is 1. The summed E-state index contributed by atoms with van der Waals surface area (Å²) >= 11 is 0. The molecule has 2 aliphatic carbocycles. The van der Waals surface area contributed by atoms with Crippen LogP contribution in [0.4, 0.5) is 0 Å². The summed E-state index contributed by atoms with van der Waals surface area (Å²) in [5.74, 6) is 1.40. The summed E-state index contributed by atoms with van der Waals surface area (Å²) in [5.41, 5.74) is 1.63. The van der Waals surface area contributed by atoms with Crippen molar-refractivity contribution in [3.05, 3.63) is 35.9 Å². The van der Waals surface area contributed by atoms with Gasteiger partial charge in [0, 0.05) is 17.8 Å². The number of hydrogen-bond acceptors (Lipinski definition) is 1. The molecule has 3 rings (SSSR count). The van der Waals surface area contributed by atoms with Gasteiger partial charge in [0.2, 0.25) is 0 Å². The zero-order chi connectivity index (χ0) is 9.76. The molecule has 0 radical (unpaired) electrons. The highest BCUT2D eigenvalue weighted by atomic mass is 16.1. The van der Waals surface area contributed by atoms with E-state index in [0.29, 0.717) is 17.6 Å².